The number of hydrogen-bond acceptors (Lipinski definition) is 4. The van der Waals surface area contributed by atoms with E-state index in [-0.39, 0.29) is 6.61 Å². The van der Waals surface area contributed by atoms with Gasteiger partial charge in [-0.1, -0.05) is 38.0 Å². The van der Waals surface area contributed by atoms with Crippen LogP contribution in [0.2, 0.25) is 0 Å². The number of amides is 2. The highest BCUT2D eigenvalue weighted by Gasteiger charge is 2.08. The third-order valence-electron chi connectivity index (χ3n) is 3.56. The largest absolute Gasteiger partial charge is 0.494 e. The molecule has 0 aliphatic carbocycles. The smallest absolute Gasteiger partial charge is 0.276 e. The van der Waals surface area contributed by atoms with Crippen LogP contribution in [0.1, 0.15) is 36.5 Å². The van der Waals surface area contributed by atoms with E-state index < -0.39 is 11.8 Å². The van der Waals surface area contributed by atoms with E-state index in [1.54, 1.807) is 36.4 Å². The average molecular weight is 356 g/mol. The Labute approximate surface area is 153 Å². The van der Waals surface area contributed by atoms with Gasteiger partial charge in [-0.05, 0) is 42.8 Å². The Morgan fingerprint density at radius 1 is 0.846 bits per heavy atom. The van der Waals surface area contributed by atoms with Crippen LogP contribution >= 0.6 is 0 Å². The number of para-hydroxylation sites is 1. The Bertz CT molecular complexity index is 687. The van der Waals surface area contributed by atoms with Crippen LogP contribution in [-0.4, -0.2) is 25.0 Å². The molecular formula is C20H24N2O4. The molecule has 0 spiro atoms. The van der Waals surface area contributed by atoms with Crippen molar-refractivity contribution >= 4 is 11.8 Å². The van der Waals surface area contributed by atoms with Gasteiger partial charge in [-0.15, -0.1) is 0 Å². The van der Waals surface area contributed by atoms with E-state index in [0.717, 1.165) is 25.0 Å². The quantitative estimate of drug-likeness (QED) is 0.535. The topological polar surface area (TPSA) is 76.7 Å². The Kier molecular flexibility index (Phi) is 7.99. The highest BCUT2D eigenvalue weighted by Crippen LogP contribution is 2.13. The molecule has 0 bridgehead atoms. The Morgan fingerprint density at radius 3 is 2.23 bits per heavy atom. The summed E-state index contributed by atoms with van der Waals surface area (Å²) in [7, 11) is 0. The van der Waals surface area contributed by atoms with E-state index in [2.05, 4.69) is 17.8 Å². The molecule has 0 aliphatic rings. The molecule has 26 heavy (non-hydrogen) atoms. The Balaban J connectivity index is 1.70. The molecule has 2 rings (SSSR count). The van der Waals surface area contributed by atoms with Gasteiger partial charge in [0.2, 0.25) is 0 Å². The lowest BCUT2D eigenvalue weighted by Crippen LogP contribution is -2.43. The molecule has 2 amide bonds. The number of carbonyl (C=O) groups excluding carboxylic acids is 2. The van der Waals surface area contributed by atoms with E-state index in [1.165, 1.54) is 0 Å². The van der Waals surface area contributed by atoms with Crippen molar-refractivity contribution in [3.8, 4) is 11.5 Å². The summed E-state index contributed by atoms with van der Waals surface area (Å²) >= 11 is 0. The van der Waals surface area contributed by atoms with Gasteiger partial charge in [0.05, 0.1) is 6.61 Å². The number of ether oxygens (including phenoxy) is 2. The molecule has 6 heteroatoms. The summed E-state index contributed by atoms with van der Waals surface area (Å²) in [5.74, 6) is 0.454. The second-order valence-electron chi connectivity index (χ2n) is 5.68. The number of nitrogens with one attached hydrogen (secondary N) is 2. The van der Waals surface area contributed by atoms with Crippen LogP contribution in [-0.2, 0) is 4.79 Å². The molecule has 6 nitrogen and oxygen atoms in total. The van der Waals surface area contributed by atoms with Gasteiger partial charge in [0.25, 0.3) is 11.8 Å². The fourth-order valence-electron chi connectivity index (χ4n) is 2.14. The van der Waals surface area contributed by atoms with Crippen molar-refractivity contribution in [1.29, 1.82) is 0 Å². The Hall–Kier alpha value is -3.02. The monoisotopic (exact) mass is 356 g/mol. The molecule has 0 atom stereocenters. The fraction of sp³-hybridized carbons (Fsp3) is 0.300. The molecule has 0 heterocycles. The normalized spacial score (nSPS) is 10.0. The second kappa shape index (κ2) is 10.8. The van der Waals surface area contributed by atoms with Crippen molar-refractivity contribution in [2.75, 3.05) is 13.2 Å². The highest BCUT2D eigenvalue weighted by molar-refractivity contribution is 5.95. The predicted octanol–water partition coefficient (Wildman–Crippen LogP) is 3.10. The maximum Gasteiger partial charge on any atom is 0.276 e. The maximum atomic E-state index is 12.0. The van der Waals surface area contributed by atoms with Crippen molar-refractivity contribution in [2.45, 2.75) is 26.2 Å². The summed E-state index contributed by atoms with van der Waals surface area (Å²) in [5.41, 5.74) is 5.10. The van der Waals surface area contributed by atoms with Crippen molar-refractivity contribution in [1.82, 2.24) is 10.9 Å². The summed E-state index contributed by atoms with van der Waals surface area (Å²) in [6.45, 7) is 2.62. The lowest BCUT2D eigenvalue weighted by molar-refractivity contribution is -0.123. The lowest BCUT2D eigenvalue weighted by Gasteiger charge is -2.09. The number of hydrazine groups is 1. The minimum atomic E-state index is -0.446. The van der Waals surface area contributed by atoms with Crippen LogP contribution in [0.3, 0.4) is 0 Å². The number of benzene rings is 2. The number of carbonyl (C=O) groups is 2. The van der Waals surface area contributed by atoms with Gasteiger partial charge < -0.3 is 9.47 Å². The van der Waals surface area contributed by atoms with Crippen LogP contribution in [0.4, 0.5) is 0 Å². The van der Waals surface area contributed by atoms with Crippen LogP contribution in [0, 0.1) is 0 Å². The first-order valence-electron chi connectivity index (χ1n) is 8.69. The maximum absolute atomic E-state index is 12.0. The van der Waals surface area contributed by atoms with Crippen LogP contribution in [0.25, 0.3) is 0 Å². The van der Waals surface area contributed by atoms with E-state index in [4.69, 9.17) is 9.47 Å². The SMILES string of the molecule is CCCCCOc1ccc(C(=O)NNC(=O)COc2ccccc2)cc1. The summed E-state index contributed by atoms with van der Waals surface area (Å²) in [6.07, 6.45) is 3.29. The lowest BCUT2D eigenvalue weighted by atomic mass is 10.2. The minimum absolute atomic E-state index is 0.186. The molecule has 0 radical (unpaired) electrons. The highest BCUT2D eigenvalue weighted by atomic mass is 16.5. The standard InChI is InChI=1S/C20H24N2O4/c1-2-3-7-14-25-18-12-10-16(11-13-18)20(24)22-21-19(23)15-26-17-8-5-4-6-9-17/h4-6,8-13H,2-3,7,14-15H2,1H3,(H,21,23)(H,22,24). The summed E-state index contributed by atoms with van der Waals surface area (Å²) < 4.78 is 10.9. The van der Waals surface area contributed by atoms with Crippen molar-refractivity contribution < 1.29 is 19.1 Å². The molecule has 0 saturated carbocycles. The molecule has 0 aliphatic heterocycles. The summed E-state index contributed by atoms with van der Waals surface area (Å²) in [4.78, 5) is 23.7. The first-order chi connectivity index (χ1) is 12.7. The molecule has 2 aromatic carbocycles. The molecule has 2 N–H and O–H groups in total. The van der Waals surface area contributed by atoms with Gasteiger partial charge in [0, 0.05) is 5.56 Å². The molecule has 0 fully saturated rings. The zero-order valence-corrected chi connectivity index (χ0v) is 14.9. The third kappa shape index (κ3) is 6.84. The number of unbranched alkanes of at least 4 members (excludes halogenated alkanes) is 2. The minimum Gasteiger partial charge on any atom is -0.494 e. The molecule has 2 aromatic rings. The van der Waals surface area contributed by atoms with Crippen molar-refractivity contribution in [3.63, 3.8) is 0 Å². The summed E-state index contributed by atoms with van der Waals surface area (Å²) in [6, 6.07) is 15.7. The van der Waals surface area contributed by atoms with Crippen LogP contribution < -0.4 is 20.3 Å². The van der Waals surface area contributed by atoms with E-state index in [9.17, 15) is 9.59 Å². The first-order valence-corrected chi connectivity index (χ1v) is 8.69. The van der Waals surface area contributed by atoms with Gasteiger partial charge in [0.15, 0.2) is 6.61 Å². The van der Waals surface area contributed by atoms with Gasteiger partial charge in [-0.25, -0.2) is 0 Å². The zero-order chi connectivity index (χ0) is 18.6. The van der Waals surface area contributed by atoms with E-state index >= 15 is 0 Å². The molecular weight excluding hydrogens is 332 g/mol. The third-order valence-corrected chi connectivity index (χ3v) is 3.56. The van der Waals surface area contributed by atoms with E-state index in [0.29, 0.717) is 17.9 Å². The average Bonchev–Trinajstić information content (AvgIpc) is 2.69. The zero-order valence-electron chi connectivity index (χ0n) is 14.9. The molecule has 138 valence electrons. The van der Waals surface area contributed by atoms with Gasteiger partial charge in [-0.3, -0.25) is 20.4 Å². The van der Waals surface area contributed by atoms with Crippen molar-refractivity contribution in [3.05, 3.63) is 60.2 Å². The van der Waals surface area contributed by atoms with Crippen molar-refractivity contribution in [2.24, 2.45) is 0 Å². The number of hydrogen-bond donors (Lipinski definition) is 2. The van der Waals surface area contributed by atoms with Gasteiger partial charge in [-0.2, -0.15) is 0 Å². The second-order valence-corrected chi connectivity index (χ2v) is 5.68. The molecule has 0 saturated heterocycles. The Morgan fingerprint density at radius 2 is 1.54 bits per heavy atom. The van der Waals surface area contributed by atoms with Crippen LogP contribution in [0.5, 0.6) is 11.5 Å². The van der Waals surface area contributed by atoms with Crippen LogP contribution in [0.15, 0.2) is 54.6 Å². The van der Waals surface area contributed by atoms with E-state index in [1.807, 2.05) is 18.2 Å². The number of rotatable bonds is 9. The molecule has 0 aromatic heterocycles. The molecule has 0 unspecified atom stereocenters. The summed E-state index contributed by atoms with van der Waals surface area (Å²) in [5, 5.41) is 0. The fourth-order valence-corrected chi connectivity index (χ4v) is 2.14. The van der Waals surface area contributed by atoms with Gasteiger partial charge >= 0.3 is 0 Å². The predicted molar refractivity (Wildman–Crippen MR) is 99.0 cm³/mol. The van der Waals surface area contributed by atoms with Gasteiger partial charge in [0.1, 0.15) is 11.5 Å². The first kappa shape index (κ1) is 19.3.